The second-order valence-corrected chi connectivity index (χ2v) is 5.51. The lowest BCUT2D eigenvalue weighted by Gasteiger charge is -2.32. The fraction of sp³-hybridized carbons (Fsp3) is 0.438. The molecular weight excluding hydrogens is 250 g/mol. The zero-order chi connectivity index (χ0) is 14.5. The van der Waals surface area contributed by atoms with Gasteiger partial charge in [-0.2, -0.15) is 0 Å². The van der Waals surface area contributed by atoms with Gasteiger partial charge in [-0.25, -0.2) is 0 Å². The first-order valence-electron chi connectivity index (χ1n) is 7.01. The lowest BCUT2D eigenvalue weighted by atomic mass is 10.1. The van der Waals surface area contributed by atoms with Gasteiger partial charge in [0.2, 0.25) is 0 Å². The van der Waals surface area contributed by atoms with Crippen LogP contribution in [0.4, 0.5) is 5.69 Å². The Hall–Kier alpha value is -1.65. The number of piperazine rings is 1. The van der Waals surface area contributed by atoms with Gasteiger partial charge in [0.25, 0.3) is 5.91 Å². The van der Waals surface area contributed by atoms with E-state index in [4.69, 9.17) is 0 Å². The molecule has 0 aliphatic carbocycles. The van der Waals surface area contributed by atoms with Crippen molar-refractivity contribution in [2.75, 3.05) is 38.5 Å². The number of nitrogens with zero attached hydrogens (tertiary/aromatic N) is 2. The number of amides is 1. The molecule has 1 saturated heterocycles. The van der Waals surface area contributed by atoms with E-state index in [1.54, 1.807) is 6.92 Å². The van der Waals surface area contributed by atoms with Crippen LogP contribution >= 0.6 is 0 Å². The van der Waals surface area contributed by atoms with Crippen molar-refractivity contribution in [1.29, 1.82) is 0 Å². The molecule has 0 aromatic heterocycles. The largest absolute Gasteiger partial charge is 0.322 e. The summed E-state index contributed by atoms with van der Waals surface area (Å²) >= 11 is 0. The second-order valence-electron chi connectivity index (χ2n) is 5.51. The summed E-state index contributed by atoms with van der Waals surface area (Å²) < 4.78 is 0. The van der Waals surface area contributed by atoms with Crippen LogP contribution < -0.4 is 5.32 Å². The Morgan fingerprint density at radius 3 is 2.35 bits per heavy atom. The Morgan fingerprint density at radius 1 is 1.20 bits per heavy atom. The molecule has 4 heteroatoms. The minimum absolute atomic E-state index is 0.128. The van der Waals surface area contributed by atoms with Crippen LogP contribution in [0, 0.1) is 0 Å². The number of nitrogens with one attached hydrogen (secondary N) is 1. The molecule has 108 valence electrons. The quantitative estimate of drug-likeness (QED) is 0.852. The number of rotatable bonds is 4. The Morgan fingerprint density at radius 2 is 1.80 bits per heavy atom. The van der Waals surface area contributed by atoms with Crippen molar-refractivity contribution in [2.45, 2.75) is 13.5 Å². The number of likely N-dealkylation sites (N-methyl/N-ethyl adjacent to an activating group) is 1. The van der Waals surface area contributed by atoms with Crippen LogP contribution in [0.2, 0.25) is 0 Å². The average Bonchev–Trinajstić information content (AvgIpc) is 2.43. The summed E-state index contributed by atoms with van der Waals surface area (Å²) in [6.45, 7) is 10.8. The molecule has 2 rings (SSSR count). The highest BCUT2D eigenvalue weighted by Crippen LogP contribution is 2.13. The zero-order valence-corrected chi connectivity index (χ0v) is 12.4. The third-order valence-corrected chi connectivity index (χ3v) is 3.60. The summed E-state index contributed by atoms with van der Waals surface area (Å²) in [6.07, 6.45) is 0. The van der Waals surface area contributed by atoms with E-state index in [-0.39, 0.29) is 5.91 Å². The molecule has 1 fully saturated rings. The number of benzene rings is 1. The standard InChI is InChI=1S/C16H23N3O/c1-13(2)16(20)17-15-6-4-14(5-7-15)12-19-10-8-18(3)9-11-19/h4-7H,1,8-12H2,2-3H3,(H,17,20). The lowest BCUT2D eigenvalue weighted by Crippen LogP contribution is -2.43. The molecule has 1 aromatic rings. The van der Waals surface area contributed by atoms with E-state index in [1.807, 2.05) is 12.1 Å². The molecule has 0 unspecified atom stereocenters. The Balaban J connectivity index is 1.88. The molecule has 1 heterocycles. The van der Waals surface area contributed by atoms with E-state index < -0.39 is 0 Å². The van der Waals surface area contributed by atoms with Gasteiger partial charge in [0.15, 0.2) is 0 Å². The molecule has 4 nitrogen and oxygen atoms in total. The average molecular weight is 273 g/mol. The van der Waals surface area contributed by atoms with Crippen molar-refractivity contribution in [1.82, 2.24) is 9.80 Å². The minimum atomic E-state index is -0.128. The van der Waals surface area contributed by atoms with Gasteiger partial charge in [-0.1, -0.05) is 18.7 Å². The van der Waals surface area contributed by atoms with Crippen LogP contribution in [0.15, 0.2) is 36.4 Å². The number of carbonyl (C=O) groups excluding carboxylic acids is 1. The highest BCUT2D eigenvalue weighted by Gasteiger charge is 2.13. The fourth-order valence-electron chi connectivity index (χ4n) is 2.20. The number of carbonyl (C=O) groups is 1. The first-order valence-corrected chi connectivity index (χ1v) is 7.01. The summed E-state index contributed by atoms with van der Waals surface area (Å²) in [4.78, 5) is 16.3. The highest BCUT2D eigenvalue weighted by atomic mass is 16.1. The van der Waals surface area contributed by atoms with Gasteiger partial charge in [0.1, 0.15) is 0 Å². The molecular formula is C16H23N3O. The van der Waals surface area contributed by atoms with E-state index in [9.17, 15) is 4.79 Å². The summed E-state index contributed by atoms with van der Waals surface area (Å²) in [7, 11) is 2.16. The third kappa shape index (κ3) is 4.18. The van der Waals surface area contributed by atoms with Crippen LogP contribution in [0.3, 0.4) is 0 Å². The predicted octanol–water partition coefficient (Wildman–Crippen LogP) is 1.95. The zero-order valence-electron chi connectivity index (χ0n) is 12.4. The van der Waals surface area contributed by atoms with E-state index in [0.29, 0.717) is 5.57 Å². The Kier molecular flexibility index (Phi) is 4.93. The maximum Gasteiger partial charge on any atom is 0.250 e. The van der Waals surface area contributed by atoms with Crippen molar-refractivity contribution in [2.24, 2.45) is 0 Å². The van der Waals surface area contributed by atoms with Gasteiger partial charge in [-0.15, -0.1) is 0 Å². The van der Waals surface area contributed by atoms with E-state index in [0.717, 1.165) is 38.4 Å². The smallest absolute Gasteiger partial charge is 0.250 e. The molecule has 20 heavy (non-hydrogen) atoms. The van der Waals surface area contributed by atoms with Crippen molar-refractivity contribution in [3.05, 3.63) is 42.0 Å². The molecule has 0 spiro atoms. The number of hydrogen-bond acceptors (Lipinski definition) is 3. The van der Waals surface area contributed by atoms with Gasteiger partial charge < -0.3 is 10.2 Å². The van der Waals surface area contributed by atoms with Gasteiger partial charge in [0, 0.05) is 44.0 Å². The topological polar surface area (TPSA) is 35.6 Å². The highest BCUT2D eigenvalue weighted by molar-refractivity contribution is 6.02. The molecule has 1 aromatic carbocycles. The van der Waals surface area contributed by atoms with E-state index >= 15 is 0 Å². The van der Waals surface area contributed by atoms with Gasteiger partial charge in [0.05, 0.1) is 0 Å². The molecule has 1 aliphatic heterocycles. The maximum absolute atomic E-state index is 11.5. The lowest BCUT2D eigenvalue weighted by molar-refractivity contribution is -0.112. The first-order chi connectivity index (χ1) is 9.54. The van der Waals surface area contributed by atoms with Crippen molar-refractivity contribution in [3.8, 4) is 0 Å². The Labute approximate surface area is 121 Å². The van der Waals surface area contributed by atoms with Crippen LogP contribution in [-0.4, -0.2) is 48.9 Å². The van der Waals surface area contributed by atoms with Gasteiger partial charge in [-0.05, 0) is 31.7 Å². The molecule has 0 bridgehead atoms. The third-order valence-electron chi connectivity index (χ3n) is 3.60. The van der Waals surface area contributed by atoms with Crippen molar-refractivity contribution >= 4 is 11.6 Å². The van der Waals surface area contributed by atoms with Gasteiger partial charge >= 0.3 is 0 Å². The van der Waals surface area contributed by atoms with Crippen LogP contribution in [0.5, 0.6) is 0 Å². The van der Waals surface area contributed by atoms with E-state index in [1.165, 1.54) is 5.56 Å². The molecule has 0 saturated carbocycles. The summed E-state index contributed by atoms with van der Waals surface area (Å²) in [5, 5.41) is 2.82. The summed E-state index contributed by atoms with van der Waals surface area (Å²) in [6, 6.07) is 8.05. The molecule has 1 N–H and O–H groups in total. The van der Waals surface area contributed by atoms with Crippen LogP contribution in [0.25, 0.3) is 0 Å². The summed E-state index contributed by atoms with van der Waals surface area (Å²) in [5.41, 5.74) is 2.62. The fourth-order valence-corrected chi connectivity index (χ4v) is 2.20. The summed E-state index contributed by atoms with van der Waals surface area (Å²) in [5.74, 6) is -0.128. The minimum Gasteiger partial charge on any atom is -0.322 e. The van der Waals surface area contributed by atoms with Crippen molar-refractivity contribution in [3.63, 3.8) is 0 Å². The maximum atomic E-state index is 11.5. The SMILES string of the molecule is C=C(C)C(=O)Nc1ccc(CN2CCN(C)CC2)cc1. The van der Waals surface area contributed by atoms with Crippen LogP contribution in [0.1, 0.15) is 12.5 Å². The molecule has 0 radical (unpaired) electrons. The predicted molar refractivity (Wildman–Crippen MR) is 82.7 cm³/mol. The Bertz CT molecular complexity index is 473. The van der Waals surface area contributed by atoms with Gasteiger partial charge in [-0.3, -0.25) is 9.69 Å². The molecule has 1 aliphatic rings. The number of hydrogen-bond donors (Lipinski definition) is 1. The first kappa shape index (κ1) is 14.8. The normalized spacial score (nSPS) is 16.9. The van der Waals surface area contributed by atoms with Crippen LogP contribution in [-0.2, 0) is 11.3 Å². The monoisotopic (exact) mass is 273 g/mol. The molecule has 1 amide bonds. The van der Waals surface area contributed by atoms with Crippen molar-refractivity contribution < 1.29 is 4.79 Å². The number of anilines is 1. The second kappa shape index (κ2) is 6.68. The molecule has 0 atom stereocenters. The van der Waals surface area contributed by atoms with E-state index in [2.05, 4.69) is 40.9 Å².